The van der Waals surface area contributed by atoms with Crippen LogP contribution in [0.15, 0.2) is 30.3 Å². The molecule has 21 heavy (non-hydrogen) atoms. The van der Waals surface area contributed by atoms with Crippen LogP contribution in [0.3, 0.4) is 0 Å². The zero-order valence-corrected chi connectivity index (χ0v) is 12.1. The lowest BCUT2D eigenvalue weighted by Gasteiger charge is -2.18. The van der Waals surface area contributed by atoms with E-state index in [0.717, 1.165) is 11.6 Å². The SMILES string of the molecule is COc1cc(C)c(C(N)c2cccc(F)c2F)cc1OC. The first-order chi connectivity index (χ1) is 9.99. The Morgan fingerprint density at radius 3 is 2.24 bits per heavy atom. The molecule has 112 valence electrons. The van der Waals surface area contributed by atoms with Gasteiger partial charge in [-0.25, -0.2) is 8.78 Å². The van der Waals surface area contributed by atoms with Crippen LogP contribution in [0.4, 0.5) is 8.78 Å². The van der Waals surface area contributed by atoms with E-state index in [2.05, 4.69) is 0 Å². The van der Waals surface area contributed by atoms with E-state index >= 15 is 0 Å². The van der Waals surface area contributed by atoms with E-state index in [9.17, 15) is 8.78 Å². The second-order valence-corrected chi connectivity index (χ2v) is 4.68. The quantitative estimate of drug-likeness (QED) is 0.940. The topological polar surface area (TPSA) is 44.5 Å². The van der Waals surface area contributed by atoms with Gasteiger partial charge in [-0.3, -0.25) is 0 Å². The summed E-state index contributed by atoms with van der Waals surface area (Å²) < 4.78 is 37.7. The minimum atomic E-state index is -0.931. The first kappa shape index (κ1) is 15.3. The van der Waals surface area contributed by atoms with Crippen molar-refractivity contribution in [3.63, 3.8) is 0 Å². The Balaban J connectivity index is 2.53. The Hall–Kier alpha value is -2.14. The molecule has 3 nitrogen and oxygen atoms in total. The van der Waals surface area contributed by atoms with E-state index < -0.39 is 17.7 Å². The van der Waals surface area contributed by atoms with Crippen molar-refractivity contribution in [3.8, 4) is 11.5 Å². The van der Waals surface area contributed by atoms with Crippen LogP contribution in [0.2, 0.25) is 0 Å². The van der Waals surface area contributed by atoms with E-state index in [1.807, 2.05) is 6.92 Å². The Kier molecular flexibility index (Phi) is 4.43. The number of hydrogen-bond donors (Lipinski definition) is 1. The first-order valence-electron chi connectivity index (χ1n) is 6.41. The third-order valence-electron chi connectivity index (χ3n) is 3.42. The van der Waals surface area contributed by atoms with Gasteiger partial charge in [0, 0.05) is 5.56 Å². The highest BCUT2D eigenvalue weighted by Gasteiger charge is 2.20. The summed E-state index contributed by atoms with van der Waals surface area (Å²) in [7, 11) is 3.04. The van der Waals surface area contributed by atoms with Crippen LogP contribution in [0.5, 0.6) is 11.5 Å². The summed E-state index contributed by atoms with van der Waals surface area (Å²) in [5.41, 5.74) is 7.66. The molecule has 1 unspecified atom stereocenters. The Morgan fingerprint density at radius 2 is 1.62 bits per heavy atom. The minimum absolute atomic E-state index is 0.102. The van der Waals surface area contributed by atoms with Gasteiger partial charge in [-0.15, -0.1) is 0 Å². The van der Waals surface area contributed by atoms with Gasteiger partial charge in [0.25, 0.3) is 0 Å². The van der Waals surface area contributed by atoms with Crippen molar-refractivity contribution in [2.75, 3.05) is 14.2 Å². The van der Waals surface area contributed by atoms with Gasteiger partial charge in [0.1, 0.15) is 0 Å². The molecule has 2 aromatic carbocycles. The van der Waals surface area contributed by atoms with Crippen LogP contribution >= 0.6 is 0 Å². The molecule has 1 atom stereocenters. The van der Waals surface area contributed by atoms with Gasteiger partial charge in [-0.1, -0.05) is 12.1 Å². The van der Waals surface area contributed by atoms with Crippen molar-refractivity contribution in [1.82, 2.24) is 0 Å². The summed E-state index contributed by atoms with van der Waals surface area (Å²) in [5.74, 6) is -0.795. The van der Waals surface area contributed by atoms with Crippen LogP contribution in [-0.4, -0.2) is 14.2 Å². The molecule has 0 aliphatic heterocycles. The lowest BCUT2D eigenvalue weighted by atomic mass is 9.94. The molecule has 0 bridgehead atoms. The van der Waals surface area contributed by atoms with Crippen molar-refractivity contribution < 1.29 is 18.3 Å². The minimum Gasteiger partial charge on any atom is -0.493 e. The second kappa shape index (κ2) is 6.10. The molecule has 2 aromatic rings. The average Bonchev–Trinajstić information content (AvgIpc) is 2.49. The smallest absolute Gasteiger partial charge is 0.163 e. The predicted molar refractivity (Wildman–Crippen MR) is 76.7 cm³/mol. The third kappa shape index (κ3) is 2.83. The summed E-state index contributed by atoms with van der Waals surface area (Å²) >= 11 is 0. The second-order valence-electron chi connectivity index (χ2n) is 4.68. The number of ether oxygens (including phenoxy) is 2. The van der Waals surface area contributed by atoms with Crippen molar-refractivity contribution in [3.05, 3.63) is 58.7 Å². The molecule has 2 N–H and O–H groups in total. The van der Waals surface area contributed by atoms with E-state index in [1.54, 1.807) is 12.1 Å². The predicted octanol–water partition coefficient (Wildman–Crippen LogP) is 3.34. The zero-order chi connectivity index (χ0) is 15.6. The van der Waals surface area contributed by atoms with Crippen LogP contribution in [0.1, 0.15) is 22.7 Å². The third-order valence-corrected chi connectivity index (χ3v) is 3.42. The lowest BCUT2D eigenvalue weighted by Crippen LogP contribution is -2.16. The molecular formula is C16H17F2NO2. The normalized spacial score (nSPS) is 12.1. The van der Waals surface area contributed by atoms with Gasteiger partial charge in [0.05, 0.1) is 20.3 Å². The summed E-state index contributed by atoms with van der Waals surface area (Å²) in [4.78, 5) is 0. The highest BCUT2D eigenvalue weighted by Crippen LogP contribution is 2.34. The highest BCUT2D eigenvalue weighted by molar-refractivity contribution is 5.50. The molecule has 0 radical (unpaired) electrons. The molecule has 0 spiro atoms. The van der Waals surface area contributed by atoms with Gasteiger partial charge < -0.3 is 15.2 Å². The van der Waals surface area contributed by atoms with Crippen molar-refractivity contribution in [2.24, 2.45) is 5.73 Å². The van der Waals surface area contributed by atoms with Crippen LogP contribution in [-0.2, 0) is 0 Å². The number of rotatable bonds is 4. The van der Waals surface area contributed by atoms with E-state index in [4.69, 9.17) is 15.2 Å². The standard InChI is InChI=1S/C16H17F2NO2/c1-9-7-13(20-2)14(21-3)8-11(9)16(19)10-5-4-6-12(17)15(10)18/h4-8,16H,19H2,1-3H3. The fourth-order valence-corrected chi connectivity index (χ4v) is 2.26. The fraction of sp³-hybridized carbons (Fsp3) is 0.250. The fourth-order valence-electron chi connectivity index (χ4n) is 2.26. The maximum atomic E-state index is 13.9. The monoisotopic (exact) mass is 293 g/mol. The molecule has 2 rings (SSSR count). The molecular weight excluding hydrogens is 276 g/mol. The van der Waals surface area contributed by atoms with Crippen molar-refractivity contribution in [1.29, 1.82) is 0 Å². The number of hydrogen-bond acceptors (Lipinski definition) is 3. The van der Waals surface area contributed by atoms with Gasteiger partial charge in [-0.05, 0) is 36.2 Å². The van der Waals surface area contributed by atoms with Gasteiger partial charge in [0.15, 0.2) is 23.1 Å². The van der Waals surface area contributed by atoms with Gasteiger partial charge >= 0.3 is 0 Å². The summed E-state index contributed by atoms with van der Waals surface area (Å²) in [6.45, 7) is 1.83. The summed E-state index contributed by atoms with van der Waals surface area (Å²) in [6, 6.07) is 6.62. The first-order valence-corrected chi connectivity index (χ1v) is 6.41. The van der Waals surface area contributed by atoms with Crippen LogP contribution < -0.4 is 15.2 Å². The van der Waals surface area contributed by atoms with Gasteiger partial charge in [0.2, 0.25) is 0 Å². The molecule has 0 fully saturated rings. The molecule has 0 heterocycles. The summed E-state index contributed by atoms with van der Waals surface area (Å²) in [6.07, 6.45) is 0. The van der Waals surface area contributed by atoms with Crippen molar-refractivity contribution >= 4 is 0 Å². The molecule has 0 aromatic heterocycles. The number of nitrogens with two attached hydrogens (primary N) is 1. The van der Waals surface area contributed by atoms with Gasteiger partial charge in [-0.2, -0.15) is 0 Å². The average molecular weight is 293 g/mol. The molecule has 0 saturated carbocycles. The Morgan fingerprint density at radius 1 is 1.00 bits per heavy atom. The lowest BCUT2D eigenvalue weighted by molar-refractivity contribution is 0.354. The van der Waals surface area contributed by atoms with E-state index in [-0.39, 0.29) is 5.56 Å². The maximum absolute atomic E-state index is 13.9. The Bertz CT molecular complexity index is 659. The van der Waals surface area contributed by atoms with Crippen LogP contribution in [0, 0.1) is 18.6 Å². The summed E-state index contributed by atoms with van der Waals surface area (Å²) in [5, 5.41) is 0. The van der Waals surface area contributed by atoms with E-state index in [0.29, 0.717) is 17.1 Å². The molecule has 0 saturated heterocycles. The number of halogens is 2. The molecule has 5 heteroatoms. The maximum Gasteiger partial charge on any atom is 0.163 e. The zero-order valence-electron chi connectivity index (χ0n) is 12.1. The Labute approximate surface area is 122 Å². The van der Waals surface area contributed by atoms with E-state index in [1.165, 1.54) is 26.4 Å². The molecule has 0 amide bonds. The molecule has 0 aliphatic rings. The largest absolute Gasteiger partial charge is 0.493 e. The number of aryl methyl sites for hydroxylation is 1. The number of benzene rings is 2. The van der Waals surface area contributed by atoms with Crippen molar-refractivity contribution in [2.45, 2.75) is 13.0 Å². The molecule has 0 aliphatic carbocycles. The number of methoxy groups -OCH3 is 2. The van der Waals surface area contributed by atoms with Crippen LogP contribution in [0.25, 0.3) is 0 Å². The highest BCUT2D eigenvalue weighted by atomic mass is 19.2.